The van der Waals surface area contributed by atoms with Crippen molar-refractivity contribution in [3.63, 3.8) is 0 Å². The molecule has 0 bridgehead atoms. The van der Waals surface area contributed by atoms with Crippen molar-refractivity contribution < 1.29 is 9.59 Å². The summed E-state index contributed by atoms with van der Waals surface area (Å²) in [4.78, 5) is 25.7. The molecule has 1 amide bonds. The predicted molar refractivity (Wildman–Crippen MR) is 80.1 cm³/mol. The van der Waals surface area contributed by atoms with E-state index in [1.54, 1.807) is 0 Å². The SMILES string of the molecule is CC(C)(C)N1C(=O)CC(=O)CC1/C=C/c1ccccc1. The van der Waals surface area contributed by atoms with Gasteiger partial charge in [-0.25, -0.2) is 0 Å². The summed E-state index contributed by atoms with van der Waals surface area (Å²) in [5.74, 6) is -0.0466. The lowest BCUT2D eigenvalue weighted by Crippen LogP contribution is -2.55. The summed E-state index contributed by atoms with van der Waals surface area (Å²) < 4.78 is 0. The molecule has 20 heavy (non-hydrogen) atoms. The summed E-state index contributed by atoms with van der Waals surface area (Å²) in [5.41, 5.74) is 0.801. The van der Waals surface area contributed by atoms with Gasteiger partial charge in [0.1, 0.15) is 5.78 Å². The molecule has 0 aromatic heterocycles. The quantitative estimate of drug-likeness (QED) is 0.775. The highest BCUT2D eigenvalue weighted by Gasteiger charge is 2.37. The number of likely N-dealkylation sites (tertiary alicyclic amines) is 1. The second-order valence-corrected chi connectivity index (χ2v) is 6.19. The Kier molecular flexibility index (Phi) is 4.07. The molecule has 3 heteroatoms. The number of ketones is 1. The average Bonchev–Trinajstić information content (AvgIpc) is 2.35. The van der Waals surface area contributed by atoms with Gasteiger partial charge in [0.25, 0.3) is 0 Å². The summed E-state index contributed by atoms with van der Waals surface area (Å²) in [7, 11) is 0. The lowest BCUT2D eigenvalue weighted by molar-refractivity contribution is -0.146. The van der Waals surface area contributed by atoms with E-state index in [1.807, 2.05) is 68.2 Å². The van der Waals surface area contributed by atoms with Gasteiger partial charge in [-0.2, -0.15) is 0 Å². The largest absolute Gasteiger partial charge is 0.331 e. The number of nitrogens with zero attached hydrogens (tertiary/aromatic N) is 1. The Balaban J connectivity index is 2.24. The molecular formula is C17H21NO2. The van der Waals surface area contributed by atoms with E-state index in [2.05, 4.69) is 0 Å². The second kappa shape index (κ2) is 5.61. The van der Waals surface area contributed by atoms with Crippen LogP contribution in [0, 0.1) is 0 Å². The lowest BCUT2D eigenvalue weighted by Gasteiger charge is -2.43. The first kappa shape index (κ1) is 14.5. The molecule has 1 aromatic carbocycles. The Bertz CT molecular complexity index is 526. The van der Waals surface area contributed by atoms with Crippen molar-refractivity contribution in [2.24, 2.45) is 0 Å². The molecule has 1 atom stereocenters. The number of benzene rings is 1. The second-order valence-electron chi connectivity index (χ2n) is 6.19. The fourth-order valence-corrected chi connectivity index (χ4v) is 2.65. The molecule has 106 valence electrons. The summed E-state index contributed by atoms with van der Waals surface area (Å²) >= 11 is 0. The lowest BCUT2D eigenvalue weighted by atomic mass is 9.92. The van der Waals surface area contributed by atoms with Gasteiger partial charge < -0.3 is 4.90 Å². The molecule has 0 aliphatic carbocycles. The third-order valence-corrected chi connectivity index (χ3v) is 3.42. The van der Waals surface area contributed by atoms with E-state index in [9.17, 15) is 9.59 Å². The zero-order chi connectivity index (χ0) is 14.8. The van der Waals surface area contributed by atoms with Crippen LogP contribution in [0.5, 0.6) is 0 Å². The fraction of sp³-hybridized carbons (Fsp3) is 0.412. The molecule has 0 N–H and O–H groups in total. The van der Waals surface area contributed by atoms with E-state index in [4.69, 9.17) is 0 Å². The van der Waals surface area contributed by atoms with E-state index in [-0.39, 0.29) is 29.7 Å². The highest BCUT2D eigenvalue weighted by molar-refractivity contribution is 6.01. The van der Waals surface area contributed by atoms with Crippen LogP contribution < -0.4 is 0 Å². The number of rotatable bonds is 2. The topological polar surface area (TPSA) is 37.4 Å². The zero-order valence-corrected chi connectivity index (χ0v) is 12.3. The fourth-order valence-electron chi connectivity index (χ4n) is 2.65. The van der Waals surface area contributed by atoms with Crippen LogP contribution in [0.3, 0.4) is 0 Å². The highest BCUT2D eigenvalue weighted by atomic mass is 16.2. The standard InChI is InChI=1S/C17H21NO2/c1-17(2,3)18-14(11-15(19)12-16(18)20)10-9-13-7-5-4-6-8-13/h4-10,14H,11-12H2,1-3H3/b10-9+. The molecule has 1 fully saturated rings. The van der Waals surface area contributed by atoms with Crippen LogP contribution in [0.2, 0.25) is 0 Å². The van der Waals surface area contributed by atoms with Crippen molar-refractivity contribution >= 4 is 17.8 Å². The normalized spacial score (nSPS) is 20.8. The van der Waals surface area contributed by atoms with E-state index >= 15 is 0 Å². The van der Waals surface area contributed by atoms with Gasteiger partial charge in [0.2, 0.25) is 5.91 Å². The van der Waals surface area contributed by atoms with Crippen molar-refractivity contribution in [1.82, 2.24) is 4.90 Å². The molecule has 1 heterocycles. The van der Waals surface area contributed by atoms with Crippen molar-refractivity contribution in [3.8, 4) is 0 Å². The van der Waals surface area contributed by atoms with Crippen molar-refractivity contribution in [2.75, 3.05) is 0 Å². The van der Waals surface area contributed by atoms with Crippen LogP contribution in [0.4, 0.5) is 0 Å². The number of piperidine rings is 1. The smallest absolute Gasteiger partial charge is 0.230 e. The summed E-state index contributed by atoms with van der Waals surface area (Å²) in [5, 5.41) is 0. The minimum absolute atomic E-state index is 0.0261. The summed E-state index contributed by atoms with van der Waals surface area (Å²) in [6.45, 7) is 6.01. The number of hydrogen-bond acceptors (Lipinski definition) is 2. The maximum Gasteiger partial charge on any atom is 0.230 e. The molecule has 1 aromatic rings. The zero-order valence-electron chi connectivity index (χ0n) is 12.3. The first-order chi connectivity index (χ1) is 9.38. The Hall–Kier alpha value is -1.90. The monoisotopic (exact) mass is 271 g/mol. The van der Waals surface area contributed by atoms with E-state index in [1.165, 1.54) is 0 Å². The third kappa shape index (κ3) is 3.35. The summed E-state index contributed by atoms with van der Waals surface area (Å²) in [6, 6.07) is 9.77. The molecule has 1 saturated heterocycles. The van der Waals surface area contributed by atoms with Crippen molar-refractivity contribution in [2.45, 2.75) is 45.2 Å². The molecule has 2 rings (SSSR count). The number of hydrogen-bond donors (Lipinski definition) is 0. The number of amides is 1. The van der Waals surface area contributed by atoms with Crippen molar-refractivity contribution in [1.29, 1.82) is 0 Å². The van der Waals surface area contributed by atoms with E-state index < -0.39 is 0 Å². The third-order valence-electron chi connectivity index (χ3n) is 3.42. The van der Waals surface area contributed by atoms with Gasteiger partial charge in [0.15, 0.2) is 0 Å². The molecule has 0 saturated carbocycles. The molecular weight excluding hydrogens is 250 g/mol. The number of carbonyl (C=O) groups excluding carboxylic acids is 2. The van der Waals surface area contributed by atoms with Crippen LogP contribution >= 0.6 is 0 Å². The molecule has 1 aliphatic heterocycles. The van der Waals surface area contributed by atoms with Crippen LogP contribution in [0.15, 0.2) is 36.4 Å². The van der Waals surface area contributed by atoms with Crippen LogP contribution in [0.1, 0.15) is 39.2 Å². The first-order valence-corrected chi connectivity index (χ1v) is 6.95. The van der Waals surface area contributed by atoms with Gasteiger partial charge in [0, 0.05) is 12.0 Å². The van der Waals surface area contributed by atoms with Crippen LogP contribution in [-0.4, -0.2) is 28.2 Å². The minimum Gasteiger partial charge on any atom is -0.331 e. The Morgan fingerprint density at radius 3 is 2.40 bits per heavy atom. The van der Waals surface area contributed by atoms with Gasteiger partial charge in [0.05, 0.1) is 12.5 Å². The molecule has 0 spiro atoms. The van der Waals surface area contributed by atoms with Crippen LogP contribution in [0.25, 0.3) is 6.08 Å². The van der Waals surface area contributed by atoms with Crippen LogP contribution in [-0.2, 0) is 9.59 Å². The number of carbonyl (C=O) groups is 2. The summed E-state index contributed by atoms with van der Waals surface area (Å²) in [6.07, 6.45) is 4.39. The maximum atomic E-state index is 12.1. The van der Waals surface area contributed by atoms with E-state index in [0.717, 1.165) is 5.56 Å². The maximum absolute atomic E-state index is 12.1. The first-order valence-electron chi connectivity index (χ1n) is 6.95. The van der Waals surface area contributed by atoms with Gasteiger partial charge >= 0.3 is 0 Å². The Morgan fingerprint density at radius 1 is 1.15 bits per heavy atom. The van der Waals surface area contributed by atoms with E-state index in [0.29, 0.717) is 6.42 Å². The van der Waals surface area contributed by atoms with Crippen molar-refractivity contribution in [3.05, 3.63) is 42.0 Å². The predicted octanol–water partition coefficient (Wildman–Crippen LogP) is 3.06. The minimum atomic E-state index is -0.274. The van der Waals surface area contributed by atoms with Gasteiger partial charge in [-0.15, -0.1) is 0 Å². The van der Waals surface area contributed by atoms with Gasteiger partial charge in [-0.1, -0.05) is 42.5 Å². The molecule has 1 unspecified atom stereocenters. The Morgan fingerprint density at radius 2 is 1.80 bits per heavy atom. The van der Waals surface area contributed by atoms with Gasteiger partial charge in [-0.05, 0) is 26.3 Å². The average molecular weight is 271 g/mol. The highest BCUT2D eigenvalue weighted by Crippen LogP contribution is 2.26. The number of Topliss-reactive ketones (excluding diaryl/α,β-unsaturated/α-hetero) is 1. The molecule has 1 aliphatic rings. The van der Waals surface area contributed by atoms with Gasteiger partial charge in [-0.3, -0.25) is 9.59 Å². The molecule has 3 nitrogen and oxygen atoms in total. The Labute approximate surface area is 120 Å². The molecule has 0 radical (unpaired) electrons.